The molecular formula is C18H28N2. The number of rotatable bonds is 3. The third-order valence-corrected chi connectivity index (χ3v) is 5.24. The molecule has 0 bridgehead atoms. The van der Waals surface area contributed by atoms with Gasteiger partial charge in [0.2, 0.25) is 0 Å². The predicted octanol–water partition coefficient (Wildman–Crippen LogP) is 3.50. The Morgan fingerprint density at radius 3 is 2.50 bits per heavy atom. The highest BCUT2D eigenvalue weighted by molar-refractivity contribution is 5.39. The van der Waals surface area contributed by atoms with Gasteiger partial charge in [-0.05, 0) is 70.2 Å². The van der Waals surface area contributed by atoms with Crippen LogP contribution in [0.1, 0.15) is 54.5 Å². The largest absolute Gasteiger partial charge is 0.306 e. The van der Waals surface area contributed by atoms with Crippen LogP contribution in [0.4, 0.5) is 0 Å². The van der Waals surface area contributed by atoms with Gasteiger partial charge in [-0.15, -0.1) is 0 Å². The summed E-state index contributed by atoms with van der Waals surface area (Å²) in [6, 6.07) is 6.57. The molecule has 1 N–H and O–H groups in total. The van der Waals surface area contributed by atoms with Crippen LogP contribution in [0, 0.1) is 20.8 Å². The first kappa shape index (κ1) is 14.1. The van der Waals surface area contributed by atoms with E-state index in [9.17, 15) is 0 Å². The second-order valence-corrected chi connectivity index (χ2v) is 6.84. The molecule has 0 radical (unpaired) electrons. The summed E-state index contributed by atoms with van der Waals surface area (Å²) in [4.78, 5) is 2.68. The molecule has 2 heteroatoms. The summed E-state index contributed by atoms with van der Waals surface area (Å²) < 4.78 is 0. The van der Waals surface area contributed by atoms with Crippen LogP contribution < -0.4 is 5.32 Å². The fourth-order valence-electron chi connectivity index (χ4n) is 4.56. The first-order valence-electron chi connectivity index (χ1n) is 8.14. The van der Waals surface area contributed by atoms with E-state index in [2.05, 4.69) is 50.0 Å². The van der Waals surface area contributed by atoms with Crippen LogP contribution >= 0.6 is 0 Å². The van der Waals surface area contributed by atoms with Crippen LogP contribution in [-0.4, -0.2) is 30.1 Å². The van der Waals surface area contributed by atoms with Gasteiger partial charge < -0.3 is 5.32 Å². The molecule has 0 aliphatic carbocycles. The predicted molar refractivity (Wildman–Crippen MR) is 85.2 cm³/mol. The van der Waals surface area contributed by atoms with Crippen LogP contribution in [0.2, 0.25) is 0 Å². The van der Waals surface area contributed by atoms with E-state index in [0.717, 1.165) is 6.04 Å². The fourth-order valence-corrected chi connectivity index (χ4v) is 4.56. The maximum atomic E-state index is 3.93. The van der Waals surface area contributed by atoms with Gasteiger partial charge in [-0.25, -0.2) is 0 Å². The van der Waals surface area contributed by atoms with Crippen LogP contribution in [-0.2, 0) is 0 Å². The van der Waals surface area contributed by atoms with Crippen LogP contribution in [0.3, 0.4) is 0 Å². The van der Waals surface area contributed by atoms with E-state index >= 15 is 0 Å². The molecular weight excluding hydrogens is 244 g/mol. The minimum atomic E-state index is 0.459. The first-order chi connectivity index (χ1) is 9.56. The molecule has 20 heavy (non-hydrogen) atoms. The number of hydrogen-bond donors (Lipinski definition) is 1. The normalized spacial score (nSPS) is 27.8. The van der Waals surface area contributed by atoms with Crippen molar-refractivity contribution in [2.45, 2.75) is 65.1 Å². The van der Waals surface area contributed by atoms with Gasteiger partial charge in [0.15, 0.2) is 0 Å². The minimum absolute atomic E-state index is 0.459. The van der Waals surface area contributed by atoms with Crippen molar-refractivity contribution >= 4 is 0 Å². The van der Waals surface area contributed by atoms with Crippen molar-refractivity contribution < 1.29 is 0 Å². The molecule has 0 saturated carbocycles. The molecule has 110 valence electrons. The Hall–Kier alpha value is -0.860. The van der Waals surface area contributed by atoms with Gasteiger partial charge in [0.1, 0.15) is 0 Å². The van der Waals surface area contributed by atoms with Crippen LogP contribution in [0.25, 0.3) is 0 Å². The van der Waals surface area contributed by atoms with Crippen molar-refractivity contribution in [3.8, 4) is 0 Å². The Morgan fingerprint density at radius 1 is 1.10 bits per heavy atom. The molecule has 2 heterocycles. The fraction of sp³-hybridized carbons (Fsp3) is 0.667. The molecule has 2 nitrogen and oxygen atoms in total. The molecule has 0 aromatic heterocycles. The standard InChI is InChI=1S/C18H28N2/c1-12-10-13(2)18(14(3)11-12)15(4)19-16-7-9-20-8-5-6-17(16)20/h10-11,15-17,19H,5-9H2,1-4H3. The van der Waals surface area contributed by atoms with Gasteiger partial charge in [0.05, 0.1) is 0 Å². The minimum Gasteiger partial charge on any atom is -0.306 e. The number of benzene rings is 1. The van der Waals surface area contributed by atoms with E-state index < -0.39 is 0 Å². The monoisotopic (exact) mass is 272 g/mol. The SMILES string of the molecule is Cc1cc(C)c(C(C)NC2CCN3CCCC23)c(C)c1. The highest BCUT2D eigenvalue weighted by Crippen LogP contribution is 2.31. The van der Waals surface area contributed by atoms with E-state index in [0.29, 0.717) is 12.1 Å². The van der Waals surface area contributed by atoms with Crippen molar-refractivity contribution in [2.75, 3.05) is 13.1 Å². The number of fused-ring (bicyclic) bond motifs is 1. The summed E-state index contributed by atoms with van der Waals surface area (Å²) in [5.74, 6) is 0. The Labute approximate surface area is 123 Å². The number of hydrogen-bond acceptors (Lipinski definition) is 2. The average molecular weight is 272 g/mol. The Bertz CT molecular complexity index is 471. The molecule has 2 saturated heterocycles. The molecule has 2 aliphatic heterocycles. The van der Waals surface area contributed by atoms with E-state index in [1.165, 1.54) is 54.6 Å². The molecule has 3 atom stereocenters. The van der Waals surface area contributed by atoms with E-state index in [1.54, 1.807) is 0 Å². The van der Waals surface area contributed by atoms with Gasteiger partial charge in [0, 0.05) is 24.7 Å². The van der Waals surface area contributed by atoms with Gasteiger partial charge in [-0.2, -0.15) is 0 Å². The maximum Gasteiger partial charge on any atom is 0.0300 e. The van der Waals surface area contributed by atoms with Gasteiger partial charge in [0.25, 0.3) is 0 Å². The zero-order valence-corrected chi connectivity index (χ0v) is 13.4. The van der Waals surface area contributed by atoms with E-state index in [-0.39, 0.29) is 0 Å². The molecule has 3 rings (SSSR count). The Morgan fingerprint density at radius 2 is 1.80 bits per heavy atom. The van der Waals surface area contributed by atoms with Gasteiger partial charge in [-0.1, -0.05) is 17.7 Å². The molecule has 3 unspecified atom stereocenters. The van der Waals surface area contributed by atoms with Gasteiger partial charge in [-0.3, -0.25) is 4.90 Å². The highest BCUT2D eigenvalue weighted by atomic mass is 15.2. The second-order valence-electron chi connectivity index (χ2n) is 6.84. The number of aryl methyl sites for hydroxylation is 3. The lowest BCUT2D eigenvalue weighted by Crippen LogP contribution is -2.40. The summed E-state index contributed by atoms with van der Waals surface area (Å²) in [5.41, 5.74) is 5.75. The first-order valence-corrected chi connectivity index (χ1v) is 8.14. The molecule has 1 aromatic rings. The maximum absolute atomic E-state index is 3.93. The molecule has 1 aromatic carbocycles. The number of nitrogens with one attached hydrogen (secondary N) is 1. The van der Waals surface area contributed by atoms with E-state index in [1.807, 2.05) is 0 Å². The quantitative estimate of drug-likeness (QED) is 0.906. The third-order valence-electron chi connectivity index (χ3n) is 5.24. The van der Waals surface area contributed by atoms with Crippen molar-refractivity contribution in [3.05, 3.63) is 34.4 Å². The Kier molecular flexibility index (Phi) is 3.87. The van der Waals surface area contributed by atoms with Crippen LogP contribution in [0.5, 0.6) is 0 Å². The summed E-state index contributed by atoms with van der Waals surface area (Å²) >= 11 is 0. The van der Waals surface area contributed by atoms with Crippen molar-refractivity contribution in [3.63, 3.8) is 0 Å². The highest BCUT2D eigenvalue weighted by Gasteiger charge is 2.37. The second kappa shape index (κ2) is 5.50. The average Bonchev–Trinajstić information content (AvgIpc) is 2.92. The summed E-state index contributed by atoms with van der Waals surface area (Å²) in [6.07, 6.45) is 4.09. The number of nitrogens with zero attached hydrogens (tertiary/aromatic N) is 1. The summed E-state index contributed by atoms with van der Waals surface area (Å²) in [7, 11) is 0. The van der Waals surface area contributed by atoms with Crippen LogP contribution in [0.15, 0.2) is 12.1 Å². The zero-order valence-electron chi connectivity index (χ0n) is 13.4. The lowest BCUT2D eigenvalue weighted by molar-refractivity contribution is 0.291. The molecule has 0 amide bonds. The lowest BCUT2D eigenvalue weighted by Gasteiger charge is -2.27. The third kappa shape index (κ3) is 2.51. The van der Waals surface area contributed by atoms with Crippen molar-refractivity contribution in [1.82, 2.24) is 10.2 Å². The summed E-state index contributed by atoms with van der Waals surface area (Å²) in [6.45, 7) is 11.6. The lowest BCUT2D eigenvalue weighted by atomic mass is 9.93. The van der Waals surface area contributed by atoms with Crippen molar-refractivity contribution in [2.24, 2.45) is 0 Å². The van der Waals surface area contributed by atoms with Crippen molar-refractivity contribution in [1.29, 1.82) is 0 Å². The Balaban J connectivity index is 1.75. The van der Waals surface area contributed by atoms with E-state index in [4.69, 9.17) is 0 Å². The van der Waals surface area contributed by atoms with Gasteiger partial charge >= 0.3 is 0 Å². The molecule has 2 fully saturated rings. The molecule has 0 spiro atoms. The topological polar surface area (TPSA) is 15.3 Å². The summed E-state index contributed by atoms with van der Waals surface area (Å²) in [5, 5.41) is 3.93. The smallest absolute Gasteiger partial charge is 0.0300 e. The molecule has 2 aliphatic rings. The zero-order chi connectivity index (χ0) is 14.3.